The number of carbonyl (C=O) groups is 4. The normalized spacial score (nSPS) is 34.6. The maximum absolute atomic E-state index is 14.7. The highest BCUT2D eigenvalue weighted by molar-refractivity contribution is 6.31. The molecule has 1 saturated heterocycles. The number of ketones is 1. The molecule has 332 valence electrons. The minimum Gasteiger partial charge on any atom is -0.507 e. The van der Waals surface area contributed by atoms with E-state index in [0.717, 1.165) is 0 Å². The first-order valence-electron chi connectivity index (χ1n) is 21.0. The second-order valence-electron chi connectivity index (χ2n) is 17.2. The van der Waals surface area contributed by atoms with E-state index < -0.39 is 89.1 Å². The summed E-state index contributed by atoms with van der Waals surface area (Å²) in [6, 6.07) is 0. The fraction of sp³-hybridized carbons (Fsp3) is 0.578. The highest BCUT2D eigenvalue weighted by Gasteiger charge is 2.54. The lowest BCUT2D eigenvalue weighted by atomic mass is 9.78. The Morgan fingerprint density at radius 1 is 0.984 bits per heavy atom. The van der Waals surface area contributed by atoms with E-state index in [4.69, 9.17) is 23.9 Å². The Morgan fingerprint density at radius 3 is 2.28 bits per heavy atom. The van der Waals surface area contributed by atoms with Gasteiger partial charge in [-0.15, -0.1) is 0 Å². The number of allylic oxidation sites excluding steroid dienone is 4. The van der Waals surface area contributed by atoms with Crippen LogP contribution in [0.2, 0.25) is 0 Å². The number of phenolic OH excluding ortho intramolecular Hbond substituents is 1. The fourth-order valence-electron chi connectivity index (χ4n) is 9.15. The Labute approximate surface area is 356 Å². The third-order valence-corrected chi connectivity index (χ3v) is 13.1. The molecular formula is C45H60N4O12. The van der Waals surface area contributed by atoms with E-state index in [1.54, 1.807) is 71.6 Å². The van der Waals surface area contributed by atoms with Gasteiger partial charge in [-0.3, -0.25) is 24.2 Å². The Morgan fingerprint density at radius 2 is 1.66 bits per heavy atom. The topological polar surface area (TPSA) is 226 Å². The van der Waals surface area contributed by atoms with Gasteiger partial charge in [0.25, 0.3) is 11.7 Å². The minimum atomic E-state index is -1.81. The zero-order valence-electron chi connectivity index (χ0n) is 36.6. The molecule has 0 radical (unpaired) electrons. The number of nitrogens with zero attached hydrogens (tertiary/aromatic N) is 2. The van der Waals surface area contributed by atoms with Crippen molar-refractivity contribution in [2.24, 2.45) is 28.7 Å². The van der Waals surface area contributed by atoms with E-state index >= 15 is 0 Å². The molecule has 6 aliphatic rings. The molecule has 7 rings (SSSR count). The maximum atomic E-state index is 14.7. The highest BCUT2D eigenvalue weighted by Crippen LogP contribution is 2.54. The van der Waals surface area contributed by atoms with Gasteiger partial charge in [0.2, 0.25) is 11.7 Å². The van der Waals surface area contributed by atoms with Gasteiger partial charge in [-0.1, -0.05) is 52.8 Å². The number of aromatic hydroxyl groups is 1. The first kappa shape index (κ1) is 45.5. The van der Waals surface area contributed by atoms with E-state index in [9.17, 15) is 39.6 Å². The van der Waals surface area contributed by atoms with Crippen LogP contribution in [0.25, 0.3) is 0 Å². The number of piperidine rings is 1. The zero-order chi connectivity index (χ0) is 44.9. The number of aliphatic hydroxyl groups is 3. The van der Waals surface area contributed by atoms with Crippen molar-refractivity contribution in [2.75, 3.05) is 20.2 Å². The average molecular weight is 849 g/mol. The van der Waals surface area contributed by atoms with Gasteiger partial charge >= 0.3 is 5.97 Å². The van der Waals surface area contributed by atoms with Crippen LogP contribution in [0.3, 0.4) is 0 Å². The summed E-state index contributed by atoms with van der Waals surface area (Å²) in [6.45, 7) is 15.4. The number of rotatable bonds is 3. The standard InChI is InChI=1S/C45H60N4O12/c1-11-29(51)49-18-16-45(17-19-49)47-33-30-31-38(54)26(7)41-32(30)42(56)44(9,61-41)59-20-15-28(58-10)23(4)40(60-27(8)50)25(6)37(53)24(5)36(52)21(2)13-12-14-22(3)43(57)46-35(39(31)55)34(33)48-45/h12-15,20-21,23-25,28,36-37,40,42,48,52-54,56H,11,16-19H2,1-10H3,(H,46,57)/b13-12+,20-15+,22-14-. The molecular weight excluding hydrogens is 789 g/mol. The predicted octanol–water partition coefficient (Wildman–Crippen LogP) is 3.75. The summed E-state index contributed by atoms with van der Waals surface area (Å²) in [5.74, 6) is -6.47. The van der Waals surface area contributed by atoms with Gasteiger partial charge in [-0.25, -0.2) is 0 Å². The lowest BCUT2D eigenvalue weighted by Gasteiger charge is -2.38. The van der Waals surface area contributed by atoms with Crippen LogP contribution in [0.15, 0.2) is 52.5 Å². The molecule has 10 unspecified atom stereocenters. The molecule has 1 aliphatic carbocycles. The summed E-state index contributed by atoms with van der Waals surface area (Å²) in [5.41, 5.74) is -0.245. The number of phenols is 1. The number of Topliss-reactive ketones (excluding diaryl/α,β-unsaturated/α-hetero) is 1. The molecule has 1 aromatic carbocycles. The van der Waals surface area contributed by atoms with Crippen LogP contribution in [-0.2, 0) is 28.6 Å². The number of benzene rings is 1. The van der Waals surface area contributed by atoms with Gasteiger partial charge in [0.05, 0.1) is 41.5 Å². The van der Waals surface area contributed by atoms with Crippen molar-refractivity contribution in [2.45, 2.75) is 124 Å². The van der Waals surface area contributed by atoms with Gasteiger partial charge < -0.3 is 54.9 Å². The largest absolute Gasteiger partial charge is 0.507 e. The molecule has 5 heterocycles. The number of fused-ring (bicyclic) bond motifs is 13. The minimum absolute atomic E-state index is 0.00233. The van der Waals surface area contributed by atoms with Crippen LogP contribution in [0.1, 0.15) is 108 Å². The van der Waals surface area contributed by atoms with Crippen molar-refractivity contribution in [3.05, 3.63) is 69.8 Å². The van der Waals surface area contributed by atoms with Gasteiger partial charge in [0, 0.05) is 99.2 Å². The number of carbonyl (C=O) groups excluding carboxylic acids is 4. The van der Waals surface area contributed by atoms with E-state index in [1.165, 1.54) is 33.3 Å². The molecule has 16 nitrogen and oxygen atoms in total. The Hall–Kier alpha value is -5.03. The van der Waals surface area contributed by atoms with Crippen molar-refractivity contribution in [1.29, 1.82) is 0 Å². The Balaban J connectivity index is 1.50. The van der Waals surface area contributed by atoms with Gasteiger partial charge in [0.15, 0.2) is 6.10 Å². The Kier molecular flexibility index (Phi) is 13.0. The molecule has 0 saturated carbocycles. The number of esters is 1. The summed E-state index contributed by atoms with van der Waals surface area (Å²) in [5, 5.41) is 53.1. The van der Waals surface area contributed by atoms with Crippen molar-refractivity contribution < 1.29 is 58.6 Å². The number of amides is 2. The monoisotopic (exact) mass is 848 g/mol. The summed E-state index contributed by atoms with van der Waals surface area (Å²) in [6.07, 6.45) is 3.45. The van der Waals surface area contributed by atoms with Crippen LogP contribution in [0.4, 0.5) is 0 Å². The quantitative estimate of drug-likeness (QED) is 0.239. The molecule has 6 N–H and O–H groups in total. The molecule has 5 bridgehead atoms. The summed E-state index contributed by atoms with van der Waals surface area (Å²) in [7, 11) is 1.47. The summed E-state index contributed by atoms with van der Waals surface area (Å²) in [4.78, 5) is 60.5. The van der Waals surface area contributed by atoms with Crippen molar-refractivity contribution in [3.8, 4) is 11.5 Å². The maximum Gasteiger partial charge on any atom is 0.302 e. The molecule has 2 amide bonds. The van der Waals surface area contributed by atoms with Gasteiger partial charge in [-0.05, 0) is 19.9 Å². The molecule has 0 aromatic heterocycles. The average Bonchev–Trinajstić information content (AvgIpc) is 3.73. The number of nitrogens with one attached hydrogen (secondary N) is 2. The third-order valence-electron chi connectivity index (χ3n) is 13.1. The predicted molar refractivity (Wildman–Crippen MR) is 223 cm³/mol. The second-order valence-corrected chi connectivity index (χ2v) is 17.2. The van der Waals surface area contributed by atoms with Crippen molar-refractivity contribution in [3.63, 3.8) is 0 Å². The number of methoxy groups -OCH3 is 1. The van der Waals surface area contributed by atoms with Gasteiger partial charge in [-0.2, -0.15) is 0 Å². The van der Waals surface area contributed by atoms with Crippen LogP contribution in [0.5, 0.6) is 11.5 Å². The summed E-state index contributed by atoms with van der Waals surface area (Å²) >= 11 is 0. The zero-order valence-corrected chi connectivity index (χ0v) is 36.6. The molecule has 16 heteroatoms. The number of ether oxygens (including phenoxy) is 4. The van der Waals surface area contributed by atoms with Crippen molar-refractivity contribution >= 4 is 29.3 Å². The van der Waals surface area contributed by atoms with Crippen LogP contribution in [-0.4, -0.2) is 111 Å². The molecule has 5 aliphatic heterocycles. The second kappa shape index (κ2) is 17.4. The molecule has 1 aromatic rings. The first-order valence-corrected chi connectivity index (χ1v) is 21.0. The molecule has 10 atom stereocenters. The Bertz CT molecular complexity index is 2120. The SMILES string of the molecule is CCC(=O)N1CCC2(CC1)N=C1C(=C3NC(=O)/C(C)=C\C=C\C(C)C(O)C(C)C(O)C(C)C(OC(C)=O)C(C)C(OC)/C=C/OC4(C)Oc5c(C)c(O)c(c1c5C4O)C3=O)N2. The van der Waals surface area contributed by atoms with E-state index in [-0.39, 0.29) is 56.6 Å². The van der Waals surface area contributed by atoms with E-state index in [2.05, 4.69) is 10.6 Å². The fourth-order valence-corrected chi connectivity index (χ4v) is 9.15. The van der Waals surface area contributed by atoms with Crippen LogP contribution >= 0.6 is 0 Å². The van der Waals surface area contributed by atoms with Crippen LogP contribution in [0, 0.1) is 30.6 Å². The van der Waals surface area contributed by atoms with Crippen LogP contribution < -0.4 is 15.4 Å². The number of hydrogen-bond donors (Lipinski definition) is 6. The van der Waals surface area contributed by atoms with Gasteiger partial charge in [0.1, 0.15) is 29.0 Å². The lowest BCUT2D eigenvalue weighted by Crippen LogP contribution is -2.51. The number of aliphatic imine (C=N–C) groups is 1. The first-order chi connectivity index (χ1) is 28.7. The number of hydrogen-bond acceptors (Lipinski definition) is 14. The number of likely N-dealkylation sites (tertiary alicyclic amines) is 1. The lowest BCUT2D eigenvalue weighted by molar-refractivity contribution is -0.181. The molecule has 1 fully saturated rings. The highest BCUT2D eigenvalue weighted by atomic mass is 16.7. The van der Waals surface area contributed by atoms with E-state index in [1.807, 2.05) is 0 Å². The third kappa shape index (κ3) is 8.22. The number of aliphatic hydroxyl groups excluding tert-OH is 3. The molecule has 1 spiro atoms. The van der Waals surface area contributed by atoms with Crippen molar-refractivity contribution in [1.82, 2.24) is 15.5 Å². The summed E-state index contributed by atoms with van der Waals surface area (Å²) < 4.78 is 24.1. The smallest absolute Gasteiger partial charge is 0.302 e. The van der Waals surface area contributed by atoms with E-state index in [0.29, 0.717) is 32.4 Å². The molecule has 61 heavy (non-hydrogen) atoms.